The van der Waals surface area contributed by atoms with E-state index in [1.165, 1.54) is 31.7 Å². The maximum Gasteiger partial charge on any atom is 0.330 e. The average molecular weight is 207 g/mol. The van der Waals surface area contributed by atoms with E-state index in [0.29, 0.717) is 0 Å². The van der Waals surface area contributed by atoms with Gasteiger partial charge in [0, 0.05) is 18.0 Å². The summed E-state index contributed by atoms with van der Waals surface area (Å²) < 4.78 is 4.51. The van der Waals surface area contributed by atoms with Crippen LogP contribution in [0.5, 0.6) is 0 Å². The van der Waals surface area contributed by atoms with Crippen LogP contribution in [0.15, 0.2) is 18.3 Å². The lowest BCUT2D eigenvalue weighted by atomic mass is 10.2. The number of aromatic amines is 1. The van der Waals surface area contributed by atoms with Crippen molar-refractivity contribution in [2.24, 2.45) is 0 Å². The van der Waals surface area contributed by atoms with E-state index in [2.05, 4.69) is 22.7 Å². The van der Waals surface area contributed by atoms with Gasteiger partial charge >= 0.3 is 5.97 Å². The zero-order valence-electron chi connectivity index (χ0n) is 9.25. The van der Waals surface area contributed by atoms with Gasteiger partial charge in [-0.3, -0.25) is 0 Å². The Bertz CT molecular complexity index is 339. The van der Waals surface area contributed by atoms with Gasteiger partial charge in [-0.1, -0.05) is 13.3 Å². The summed E-state index contributed by atoms with van der Waals surface area (Å²) in [6.07, 6.45) is 8.49. The van der Waals surface area contributed by atoms with Crippen LogP contribution in [0.1, 0.15) is 31.0 Å². The zero-order chi connectivity index (χ0) is 11.1. The monoisotopic (exact) mass is 207 g/mol. The summed E-state index contributed by atoms with van der Waals surface area (Å²) in [7, 11) is 1.37. The molecule has 0 radical (unpaired) electrons. The minimum Gasteiger partial charge on any atom is -0.466 e. The fourth-order valence-electron chi connectivity index (χ4n) is 1.30. The SMILES string of the molecule is CCCCc1cc(C=CC(=O)OC)c[nH]1. The minimum absolute atomic E-state index is 0.327. The fourth-order valence-corrected chi connectivity index (χ4v) is 1.30. The molecule has 3 heteroatoms. The predicted molar refractivity (Wildman–Crippen MR) is 60.5 cm³/mol. The lowest BCUT2D eigenvalue weighted by molar-refractivity contribution is -0.134. The molecule has 0 aliphatic rings. The Morgan fingerprint density at radius 2 is 2.40 bits per heavy atom. The van der Waals surface area contributed by atoms with E-state index in [0.717, 1.165) is 12.0 Å². The van der Waals surface area contributed by atoms with Crippen LogP contribution in [-0.2, 0) is 16.0 Å². The van der Waals surface area contributed by atoms with E-state index in [1.54, 1.807) is 6.08 Å². The number of H-pyrrole nitrogens is 1. The molecule has 1 heterocycles. The molecule has 1 aromatic rings. The van der Waals surface area contributed by atoms with Crippen molar-refractivity contribution in [3.63, 3.8) is 0 Å². The van der Waals surface area contributed by atoms with Crippen LogP contribution < -0.4 is 0 Å². The van der Waals surface area contributed by atoms with Gasteiger partial charge in [-0.05, 0) is 30.5 Å². The first-order valence-corrected chi connectivity index (χ1v) is 5.19. The van der Waals surface area contributed by atoms with Crippen molar-refractivity contribution in [2.75, 3.05) is 7.11 Å². The summed E-state index contributed by atoms with van der Waals surface area (Å²) in [5.74, 6) is -0.327. The zero-order valence-corrected chi connectivity index (χ0v) is 9.25. The number of carbonyl (C=O) groups is 1. The highest BCUT2D eigenvalue weighted by molar-refractivity contribution is 5.86. The molecule has 0 fully saturated rings. The number of carbonyl (C=O) groups excluding carboxylic acids is 1. The third-order valence-corrected chi connectivity index (χ3v) is 2.18. The predicted octanol–water partition coefficient (Wildman–Crippen LogP) is 2.54. The molecule has 0 spiro atoms. The van der Waals surface area contributed by atoms with Crippen LogP contribution in [0.4, 0.5) is 0 Å². The Morgan fingerprint density at radius 1 is 1.60 bits per heavy atom. The molecular weight excluding hydrogens is 190 g/mol. The van der Waals surface area contributed by atoms with Gasteiger partial charge in [0.2, 0.25) is 0 Å². The van der Waals surface area contributed by atoms with Gasteiger partial charge in [0.25, 0.3) is 0 Å². The van der Waals surface area contributed by atoms with Crippen molar-refractivity contribution in [3.8, 4) is 0 Å². The third kappa shape index (κ3) is 4.02. The Morgan fingerprint density at radius 3 is 3.07 bits per heavy atom. The highest BCUT2D eigenvalue weighted by Crippen LogP contribution is 2.08. The van der Waals surface area contributed by atoms with Gasteiger partial charge in [-0.2, -0.15) is 0 Å². The van der Waals surface area contributed by atoms with Gasteiger partial charge in [0.1, 0.15) is 0 Å². The topological polar surface area (TPSA) is 42.1 Å². The second-order valence-electron chi connectivity index (χ2n) is 3.42. The number of rotatable bonds is 5. The molecule has 3 nitrogen and oxygen atoms in total. The smallest absolute Gasteiger partial charge is 0.330 e. The van der Waals surface area contributed by atoms with Crippen molar-refractivity contribution in [3.05, 3.63) is 29.6 Å². The standard InChI is InChI=1S/C12H17NO2/c1-3-4-5-11-8-10(9-13-11)6-7-12(14)15-2/h6-9,13H,3-5H2,1-2H3. The molecule has 0 atom stereocenters. The number of aryl methyl sites for hydroxylation is 1. The second-order valence-corrected chi connectivity index (χ2v) is 3.42. The molecule has 0 amide bonds. The molecule has 1 aromatic heterocycles. The molecule has 0 aliphatic carbocycles. The largest absolute Gasteiger partial charge is 0.466 e. The van der Waals surface area contributed by atoms with E-state index >= 15 is 0 Å². The molecule has 1 rings (SSSR count). The number of esters is 1. The summed E-state index contributed by atoms with van der Waals surface area (Å²) in [6, 6.07) is 2.05. The number of ether oxygens (including phenoxy) is 1. The van der Waals surface area contributed by atoms with E-state index in [1.807, 2.05) is 6.20 Å². The molecule has 0 bridgehead atoms. The van der Waals surface area contributed by atoms with Crippen molar-refractivity contribution in [2.45, 2.75) is 26.2 Å². The van der Waals surface area contributed by atoms with E-state index < -0.39 is 0 Å². The lowest BCUT2D eigenvalue weighted by Gasteiger charge is -1.92. The number of unbranched alkanes of at least 4 members (excludes halogenated alkanes) is 1. The highest BCUT2D eigenvalue weighted by Gasteiger charge is 1.97. The van der Waals surface area contributed by atoms with Crippen molar-refractivity contribution >= 4 is 12.0 Å². The van der Waals surface area contributed by atoms with Crippen LogP contribution in [0, 0.1) is 0 Å². The van der Waals surface area contributed by atoms with Crippen molar-refractivity contribution in [1.82, 2.24) is 4.98 Å². The second kappa shape index (κ2) is 6.06. The summed E-state index contributed by atoms with van der Waals surface area (Å²) in [6.45, 7) is 2.17. The lowest BCUT2D eigenvalue weighted by Crippen LogP contribution is -1.92. The molecule has 1 N–H and O–H groups in total. The molecule has 15 heavy (non-hydrogen) atoms. The fraction of sp³-hybridized carbons (Fsp3) is 0.417. The summed E-state index contributed by atoms with van der Waals surface area (Å²) in [5.41, 5.74) is 2.22. The highest BCUT2D eigenvalue weighted by atomic mass is 16.5. The van der Waals surface area contributed by atoms with E-state index in [4.69, 9.17) is 0 Å². The quantitative estimate of drug-likeness (QED) is 0.595. The van der Waals surface area contributed by atoms with Crippen molar-refractivity contribution < 1.29 is 9.53 Å². The summed E-state index contributed by atoms with van der Waals surface area (Å²) in [4.78, 5) is 14.0. The number of hydrogen-bond donors (Lipinski definition) is 1. The Labute approximate surface area is 90.1 Å². The first-order valence-electron chi connectivity index (χ1n) is 5.19. The first-order chi connectivity index (χ1) is 7.26. The molecule has 0 aliphatic heterocycles. The molecule has 82 valence electrons. The summed E-state index contributed by atoms with van der Waals surface area (Å²) in [5, 5.41) is 0. The van der Waals surface area contributed by atoms with E-state index in [-0.39, 0.29) is 5.97 Å². The van der Waals surface area contributed by atoms with Crippen LogP contribution >= 0.6 is 0 Å². The number of nitrogens with one attached hydrogen (secondary N) is 1. The molecular formula is C12H17NO2. The van der Waals surface area contributed by atoms with Gasteiger partial charge in [-0.15, -0.1) is 0 Å². The van der Waals surface area contributed by atoms with Gasteiger partial charge in [0.05, 0.1) is 7.11 Å². The first kappa shape index (κ1) is 11.6. The van der Waals surface area contributed by atoms with Gasteiger partial charge < -0.3 is 9.72 Å². The van der Waals surface area contributed by atoms with Crippen LogP contribution in [0.3, 0.4) is 0 Å². The van der Waals surface area contributed by atoms with Crippen LogP contribution in [-0.4, -0.2) is 18.1 Å². The minimum atomic E-state index is -0.327. The van der Waals surface area contributed by atoms with E-state index in [9.17, 15) is 4.79 Å². The number of hydrogen-bond acceptors (Lipinski definition) is 2. The molecule has 0 saturated heterocycles. The Kier molecular flexibility index (Phi) is 4.68. The molecule has 0 unspecified atom stereocenters. The molecule has 0 aromatic carbocycles. The van der Waals surface area contributed by atoms with Crippen molar-refractivity contribution in [1.29, 1.82) is 0 Å². The third-order valence-electron chi connectivity index (χ3n) is 2.18. The normalized spacial score (nSPS) is 10.8. The Balaban J connectivity index is 2.52. The van der Waals surface area contributed by atoms with Gasteiger partial charge in [0.15, 0.2) is 0 Å². The van der Waals surface area contributed by atoms with Gasteiger partial charge in [-0.25, -0.2) is 4.79 Å². The maximum atomic E-state index is 10.8. The van der Waals surface area contributed by atoms with Crippen LogP contribution in [0.2, 0.25) is 0 Å². The Hall–Kier alpha value is -1.51. The maximum absolute atomic E-state index is 10.8. The summed E-state index contributed by atoms with van der Waals surface area (Å²) >= 11 is 0. The number of methoxy groups -OCH3 is 1. The molecule has 0 saturated carbocycles. The average Bonchev–Trinajstić information content (AvgIpc) is 2.71. The number of aromatic nitrogens is 1. The van der Waals surface area contributed by atoms with Crippen LogP contribution in [0.25, 0.3) is 6.08 Å².